The summed E-state index contributed by atoms with van der Waals surface area (Å²) in [5.41, 5.74) is 2.76. The summed E-state index contributed by atoms with van der Waals surface area (Å²) in [5.74, 6) is 0.0301. The number of ketones is 1. The first-order valence-electron chi connectivity index (χ1n) is 5.90. The third kappa shape index (κ3) is 1.79. The maximum absolute atomic E-state index is 12.1. The van der Waals surface area contributed by atoms with Gasteiger partial charge in [0.05, 0.1) is 10.2 Å². The molecule has 1 atom stereocenters. The molecule has 1 heterocycles. The quantitative estimate of drug-likeness (QED) is 0.673. The van der Waals surface area contributed by atoms with E-state index in [9.17, 15) is 9.59 Å². The number of anilines is 1. The largest absolute Gasteiger partial charge is 0.325 e. The smallest absolute Gasteiger partial charge is 0.234 e. The highest BCUT2D eigenvalue weighted by Gasteiger charge is 2.40. The second kappa shape index (κ2) is 4.19. The molecule has 1 amide bonds. The van der Waals surface area contributed by atoms with Crippen LogP contribution in [0.3, 0.4) is 0 Å². The summed E-state index contributed by atoms with van der Waals surface area (Å²) < 4.78 is 0. The number of carbonyl (C=O) groups is 2. The molecule has 1 aromatic carbocycles. The Morgan fingerprint density at radius 1 is 1.39 bits per heavy atom. The molecule has 1 N–H and O–H groups in total. The highest BCUT2D eigenvalue weighted by molar-refractivity contribution is 9.10. The fraction of sp³-hybridized carbons (Fsp3) is 0.429. The van der Waals surface area contributed by atoms with Crippen molar-refractivity contribution in [2.45, 2.75) is 37.9 Å². The number of carbonyl (C=O) groups excluding carboxylic acids is 2. The van der Waals surface area contributed by atoms with E-state index in [-0.39, 0.29) is 16.5 Å². The molecule has 0 aromatic heterocycles. The van der Waals surface area contributed by atoms with Crippen LogP contribution in [-0.4, -0.2) is 16.5 Å². The van der Waals surface area contributed by atoms with Crippen LogP contribution in [0.25, 0.3) is 0 Å². The molecule has 96 valence electrons. The Kier molecular flexibility index (Phi) is 3.09. The molecule has 1 unspecified atom stereocenters. The van der Waals surface area contributed by atoms with E-state index in [1.54, 1.807) is 6.07 Å². The van der Waals surface area contributed by atoms with Crippen molar-refractivity contribution < 1.29 is 9.59 Å². The van der Waals surface area contributed by atoms with Crippen LogP contribution in [0.1, 0.15) is 42.3 Å². The van der Waals surface area contributed by atoms with Gasteiger partial charge in [0.2, 0.25) is 5.91 Å². The minimum absolute atomic E-state index is 0.0166. The minimum atomic E-state index is -0.578. The molecule has 0 bridgehead atoms. The van der Waals surface area contributed by atoms with E-state index in [0.717, 1.165) is 16.8 Å². The van der Waals surface area contributed by atoms with Crippen molar-refractivity contribution in [3.8, 4) is 0 Å². The molecule has 0 saturated carbocycles. The van der Waals surface area contributed by atoms with Gasteiger partial charge in [0, 0.05) is 11.3 Å². The van der Waals surface area contributed by atoms with Crippen LogP contribution in [0.5, 0.6) is 0 Å². The summed E-state index contributed by atoms with van der Waals surface area (Å²) in [7, 11) is 0. The zero-order chi connectivity index (χ0) is 13.7. The van der Waals surface area contributed by atoms with Crippen LogP contribution < -0.4 is 5.32 Å². The van der Waals surface area contributed by atoms with E-state index in [0.29, 0.717) is 5.56 Å². The van der Waals surface area contributed by atoms with Crippen LogP contribution in [0.15, 0.2) is 12.1 Å². The molecule has 1 aliphatic rings. The molecule has 0 radical (unpaired) electrons. The van der Waals surface area contributed by atoms with E-state index in [4.69, 9.17) is 0 Å². The van der Waals surface area contributed by atoms with Crippen molar-refractivity contribution in [2.75, 3.05) is 5.32 Å². The van der Waals surface area contributed by atoms with Crippen molar-refractivity contribution in [1.29, 1.82) is 0 Å². The molecule has 1 aliphatic heterocycles. The number of benzene rings is 1. The predicted molar refractivity (Wildman–Crippen MR) is 75.6 cm³/mol. The van der Waals surface area contributed by atoms with Crippen LogP contribution in [0.4, 0.5) is 5.69 Å². The number of rotatable bonds is 2. The normalized spacial score (nSPS) is 18.2. The van der Waals surface area contributed by atoms with Gasteiger partial charge >= 0.3 is 0 Å². The molecule has 2 rings (SSSR count). The van der Waals surface area contributed by atoms with Gasteiger partial charge in [-0.25, -0.2) is 0 Å². The van der Waals surface area contributed by atoms with E-state index in [1.807, 2.05) is 33.8 Å². The van der Waals surface area contributed by atoms with Gasteiger partial charge in [-0.15, -0.1) is 0 Å². The zero-order valence-corrected chi connectivity index (χ0v) is 12.5. The number of halogens is 1. The van der Waals surface area contributed by atoms with Crippen LogP contribution in [-0.2, 0) is 10.2 Å². The lowest BCUT2D eigenvalue weighted by Crippen LogP contribution is -2.28. The first-order chi connectivity index (χ1) is 8.26. The SMILES string of the molecule is Cc1c(C(=O)C(C)Br)ccc2c1C(C)(C)C(=O)N2. The summed E-state index contributed by atoms with van der Waals surface area (Å²) in [6.07, 6.45) is 0. The van der Waals surface area contributed by atoms with E-state index < -0.39 is 5.41 Å². The van der Waals surface area contributed by atoms with E-state index in [1.165, 1.54) is 0 Å². The Morgan fingerprint density at radius 2 is 2.00 bits per heavy atom. The minimum Gasteiger partial charge on any atom is -0.325 e. The Bertz CT molecular complexity index is 547. The lowest BCUT2D eigenvalue weighted by atomic mass is 9.81. The number of Topliss-reactive ketones (excluding diaryl/α,β-unsaturated/α-hetero) is 1. The standard InChI is InChI=1S/C14H16BrNO2/c1-7-9(12(17)8(2)15)5-6-10-11(7)14(3,4)13(18)16-10/h5-6,8H,1-4H3,(H,16,18). The molecule has 0 saturated heterocycles. The topological polar surface area (TPSA) is 46.2 Å². The van der Waals surface area contributed by atoms with Gasteiger partial charge in [-0.1, -0.05) is 15.9 Å². The third-order valence-electron chi connectivity index (χ3n) is 3.53. The fourth-order valence-corrected chi connectivity index (χ4v) is 2.74. The Labute approximate surface area is 115 Å². The summed E-state index contributed by atoms with van der Waals surface area (Å²) in [5, 5.41) is 2.86. The van der Waals surface area contributed by atoms with E-state index >= 15 is 0 Å². The van der Waals surface area contributed by atoms with Gasteiger partial charge in [-0.2, -0.15) is 0 Å². The molecule has 0 spiro atoms. The van der Waals surface area contributed by atoms with Gasteiger partial charge in [-0.3, -0.25) is 9.59 Å². The number of nitrogens with one attached hydrogen (secondary N) is 1. The van der Waals surface area contributed by atoms with Crippen molar-refractivity contribution in [3.63, 3.8) is 0 Å². The van der Waals surface area contributed by atoms with Crippen molar-refractivity contribution in [1.82, 2.24) is 0 Å². The number of fused-ring (bicyclic) bond motifs is 1. The van der Waals surface area contributed by atoms with Crippen molar-refractivity contribution >= 4 is 33.3 Å². The summed E-state index contributed by atoms with van der Waals surface area (Å²) >= 11 is 3.30. The van der Waals surface area contributed by atoms with Crippen LogP contribution in [0, 0.1) is 6.92 Å². The van der Waals surface area contributed by atoms with Gasteiger partial charge in [0.1, 0.15) is 0 Å². The first kappa shape index (κ1) is 13.3. The molecule has 18 heavy (non-hydrogen) atoms. The molecular formula is C14H16BrNO2. The summed E-state index contributed by atoms with van der Waals surface area (Å²) in [6.45, 7) is 7.48. The van der Waals surface area contributed by atoms with Gasteiger partial charge in [0.25, 0.3) is 0 Å². The number of amides is 1. The average Bonchev–Trinajstić information content (AvgIpc) is 2.50. The lowest BCUT2D eigenvalue weighted by Gasteiger charge is -2.19. The maximum atomic E-state index is 12.1. The molecular weight excluding hydrogens is 294 g/mol. The molecule has 0 fully saturated rings. The van der Waals surface area contributed by atoms with Gasteiger partial charge in [0.15, 0.2) is 5.78 Å². The molecule has 4 heteroatoms. The number of hydrogen-bond acceptors (Lipinski definition) is 2. The van der Waals surface area contributed by atoms with Crippen LogP contribution >= 0.6 is 15.9 Å². The third-order valence-corrected chi connectivity index (χ3v) is 3.95. The fourth-order valence-electron chi connectivity index (χ4n) is 2.49. The first-order valence-corrected chi connectivity index (χ1v) is 6.82. The van der Waals surface area contributed by atoms with E-state index in [2.05, 4.69) is 21.2 Å². The Balaban J connectivity index is 2.63. The monoisotopic (exact) mass is 309 g/mol. The summed E-state index contributed by atoms with van der Waals surface area (Å²) in [4.78, 5) is 23.8. The number of hydrogen-bond donors (Lipinski definition) is 1. The second-order valence-corrected chi connectivity index (χ2v) is 6.59. The van der Waals surface area contributed by atoms with Gasteiger partial charge < -0.3 is 5.32 Å². The van der Waals surface area contributed by atoms with Gasteiger partial charge in [-0.05, 0) is 51.0 Å². The predicted octanol–water partition coefficient (Wildman–Crippen LogP) is 3.19. The maximum Gasteiger partial charge on any atom is 0.234 e. The molecule has 0 aliphatic carbocycles. The lowest BCUT2D eigenvalue weighted by molar-refractivity contribution is -0.119. The zero-order valence-electron chi connectivity index (χ0n) is 10.9. The van der Waals surface area contributed by atoms with Crippen molar-refractivity contribution in [3.05, 3.63) is 28.8 Å². The van der Waals surface area contributed by atoms with Crippen LogP contribution in [0.2, 0.25) is 0 Å². The highest BCUT2D eigenvalue weighted by atomic mass is 79.9. The summed E-state index contributed by atoms with van der Waals surface area (Å²) in [6, 6.07) is 3.60. The molecule has 3 nitrogen and oxygen atoms in total. The Hall–Kier alpha value is -1.16. The number of alkyl halides is 1. The molecule has 1 aromatic rings. The highest BCUT2D eigenvalue weighted by Crippen LogP contribution is 2.40. The average molecular weight is 310 g/mol. The van der Waals surface area contributed by atoms with Crippen molar-refractivity contribution in [2.24, 2.45) is 0 Å². The Morgan fingerprint density at radius 3 is 2.56 bits per heavy atom. The second-order valence-electron chi connectivity index (χ2n) is 5.22.